The predicted molar refractivity (Wildman–Crippen MR) is 80.6 cm³/mol. The van der Waals surface area contributed by atoms with Crippen LogP contribution in [0.3, 0.4) is 0 Å². The lowest BCUT2D eigenvalue weighted by Gasteiger charge is -2.02. The monoisotopic (exact) mass is 299 g/mol. The zero-order valence-electron chi connectivity index (χ0n) is 11.1. The number of halogens is 1. The quantitative estimate of drug-likeness (QED) is 0.792. The zero-order chi connectivity index (χ0) is 14.8. The molecule has 1 heterocycles. The Bertz CT molecular complexity index is 854. The summed E-state index contributed by atoms with van der Waals surface area (Å²) in [6, 6.07) is 11.8. The first-order chi connectivity index (χ1) is 10.2. The lowest BCUT2D eigenvalue weighted by molar-refractivity contribution is 0.415. The van der Waals surface area contributed by atoms with Crippen LogP contribution in [0.25, 0.3) is 10.2 Å². The van der Waals surface area contributed by atoms with E-state index in [1.165, 1.54) is 23.5 Å². The Morgan fingerprint density at radius 3 is 2.86 bits per heavy atom. The van der Waals surface area contributed by atoms with Crippen molar-refractivity contribution >= 4 is 32.4 Å². The van der Waals surface area contributed by atoms with Crippen molar-refractivity contribution in [1.29, 1.82) is 5.26 Å². The summed E-state index contributed by atoms with van der Waals surface area (Å²) in [6.07, 6.45) is 0. The summed E-state index contributed by atoms with van der Waals surface area (Å²) in [5.74, 6) is 0.215. The maximum Gasteiger partial charge on any atom is 0.188 e. The number of anilines is 2. The van der Waals surface area contributed by atoms with Crippen molar-refractivity contribution in [2.45, 2.75) is 0 Å². The maximum atomic E-state index is 13.6. The molecular weight excluding hydrogens is 289 g/mol. The summed E-state index contributed by atoms with van der Waals surface area (Å²) in [5.41, 5.74) is 1.42. The van der Waals surface area contributed by atoms with Crippen LogP contribution >= 0.6 is 11.3 Å². The van der Waals surface area contributed by atoms with Gasteiger partial charge in [-0.2, -0.15) is 5.26 Å². The van der Waals surface area contributed by atoms with Gasteiger partial charge in [-0.25, -0.2) is 9.37 Å². The second-order valence-electron chi connectivity index (χ2n) is 4.28. The number of benzene rings is 2. The molecular formula is C15H10FN3OS. The van der Waals surface area contributed by atoms with Crippen LogP contribution in [0.4, 0.5) is 15.2 Å². The van der Waals surface area contributed by atoms with E-state index >= 15 is 0 Å². The van der Waals surface area contributed by atoms with Gasteiger partial charge >= 0.3 is 0 Å². The van der Waals surface area contributed by atoms with Gasteiger partial charge < -0.3 is 10.1 Å². The molecule has 3 rings (SSSR count). The highest BCUT2D eigenvalue weighted by Gasteiger charge is 2.07. The summed E-state index contributed by atoms with van der Waals surface area (Å²) >= 11 is 1.45. The number of aromatic nitrogens is 1. The van der Waals surface area contributed by atoms with Crippen LogP contribution in [0.15, 0.2) is 36.4 Å². The standard InChI is InChI=1S/C15H10FN3OS/c1-20-11-4-5-13-14(7-11)21-15(19-13)18-10-3-2-9(8-17)12(16)6-10/h2-7H,1H3,(H,18,19). The van der Waals surface area contributed by atoms with E-state index in [0.29, 0.717) is 10.8 Å². The number of ether oxygens (including phenoxy) is 1. The first kappa shape index (κ1) is 13.3. The summed E-state index contributed by atoms with van der Waals surface area (Å²) in [7, 11) is 1.61. The molecule has 4 nitrogen and oxygen atoms in total. The van der Waals surface area contributed by atoms with E-state index in [2.05, 4.69) is 10.3 Å². The number of nitrogens with zero attached hydrogens (tertiary/aromatic N) is 2. The molecule has 0 spiro atoms. The molecule has 0 aliphatic carbocycles. The van der Waals surface area contributed by atoms with Crippen LogP contribution in [0.5, 0.6) is 5.75 Å². The molecule has 0 saturated heterocycles. The number of hydrogen-bond acceptors (Lipinski definition) is 5. The second kappa shape index (κ2) is 5.38. The fourth-order valence-electron chi connectivity index (χ4n) is 1.89. The first-order valence-corrected chi connectivity index (χ1v) is 6.92. The second-order valence-corrected chi connectivity index (χ2v) is 5.31. The van der Waals surface area contributed by atoms with Gasteiger partial charge in [0.2, 0.25) is 0 Å². The smallest absolute Gasteiger partial charge is 0.188 e. The van der Waals surface area contributed by atoms with E-state index < -0.39 is 5.82 Å². The minimum Gasteiger partial charge on any atom is -0.497 e. The van der Waals surface area contributed by atoms with Crippen molar-refractivity contribution in [3.05, 3.63) is 47.8 Å². The van der Waals surface area contributed by atoms with Gasteiger partial charge in [-0.15, -0.1) is 0 Å². The Morgan fingerprint density at radius 2 is 2.14 bits per heavy atom. The summed E-state index contributed by atoms with van der Waals surface area (Å²) in [6.45, 7) is 0. The Labute approximate surface area is 124 Å². The molecule has 0 saturated carbocycles. The van der Waals surface area contributed by atoms with E-state index in [0.717, 1.165) is 16.0 Å². The predicted octanol–water partition coefficient (Wildman–Crippen LogP) is 4.06. The molecule has 0 aliphatic rings. The van der Waals surface area contributed by atoms with Crippen molar-refractivity contribution in [2.75, 3.05) is 12.4 Å². The Balaban J connectivity index is 1.91. The van der Waals surface area contributed by atoms with Crippen molar-refractivity contribution in [2.24, 2.45) is 0 Å². The third-order valence-corrected chi connectivity index (χ3v) is 3.87. The fourth-order valence-corrected chi connectivity index (χ4v) is 2.81. The van der Waals surface area contributed by atoms with Crippen molar-refractivity contribution < 1.29 is 9.13 Å². The van der Waals surface area contributed by atoms with E-state index in [1.54, 1.807) is 19.2 Å². The fraction of sp³-hybridized carbons (Fsp3) is 0.0667. The molecule has 0 radical (unpaired) electrons. The van der Waals surface area contributed by atoms with Gasteiger partial charge in [-0.05, 0) is 36.4 Å². The molecule has 6 heteroatoms. The molecule has 0 unspecified atom stereocenters. The Kier molecular flexibility index (Phi) is 3.42. The zero-order valence-corrected chi connectivity index (χ0v) is 11.9. The van der Waals surface area contributed by atoms with E-state index in [9.17, 15) is 4.39 Å². The molecule has 0 amide bonds. The molecule has 0 aliphatic heterocycles. The molecule has 1 aromatic heterocycles. The largest absolute Gasteiger partial charge is 0.497 e. The summed E-state index contributed by atoms with van der Waals surface area (Å²) in [4.78, 5) is 4.42. The number of methoxy groups -OCH3 is 1. The first-order valence-electron chi connectivity index (χ1n) is 6.11. The van der Waals surface area contributed by atoms with Gasteiger partial charge in [0.25, 0.3) is 0 Å². The van der Waals surface area contributed by atoms with Crippen LogP contribution < -0.4 is 10.1 Å². The third kappa shape index (κ3) is 2.64. The summed E-state index contributed by atoms with van der Waals surface area (Å²) < 4.78 is 19.7. The van der Waals surface area contributed by atoms with Gasteiger partial charge in [0.05, 0.1) is 22.9 Å². The molecule has 0 atom stereocenters. The molecule has 2 aromatic carbocycles. The average molecular weight is 299 g/mol. The number of thiazole rings is 1. The van der Waals surface area contributed by atoms with Crippen molar-refractivity contribution in [3.63, 3.8) is 0 Å². The van der Waals surface area contributed by atoms with Crippen LogP contribution in [-0.2, 0) is 0 Å². The van der Waals surface area contributed by atoms with Gasteiger partial charge in [0.15, 0.2) is 5.13 Å². The van der Waals surface area contributed by atoms with Gasteiger partial charge in [0, 0.05) is 5.69 Å². The van der Waals surface area contributed by atoms with Crippen molar-refractivity contribution in [3.8, 4) is 11.8 Å². The maximum absolute atomic E-state index is 13.6. The minimum absolute atomic E-state index is 0.0228. The summed E-state index contributed by atoms with van der Waals surface area (Å²) in [5, 5.41) is 12.4. The average Bonchev–Trinajstić information content (AvgIpc) is 2.88. The topological polar surface area (TPSA) is 57.9 Å². The van der Waals surface area contributed by atoms with Crippen molar-refractivity contribution in [1.82, 2.24) is 4.98 Å². The highest BCUT2D eigenvalue weighted by molar-refractivity contribution is 7.22. The van der Waals surface area contributed by atoms with Gasteiger partial charge in [-0.3, -0.25) is 0 Å². The molecule has 1 N–H and O–H groups in total. The lowest BCUT2D eigenvalue weighted by Crippen LogP contribution is -1.91. The van der Waals surface area contributed by atoms with Crippen LogP contribution in [-0.4, -0.2) is 12.1 Å². The highest BCUT2D eigenvalue weighted by atomic mass is 32.1. The lowest BCUT2D eigenvalue weighted by atomic mass is 10.2. The SMILES string of the molecule is COc1ccc2nc(Nc3ccc(C#N)c(F)c3)sc2c1. The van der Waals surface area contributed by atoms with Crippen LogP contribution in [0.1, 0.15) is 5.56 Å². The third-order valence-electron chi connectivity index (χ3n) is 2.94. The Morgan fingerprint density at radius 1 is 1.29 bits per heavy atom. The van der Waals surface area contributed by atoms with E-state index in [4.69, 9.17) is 10.00 Å². The minimum atomic E-state index is -0.551. The molecule has 0 bridgehead atoms. The number of nitriles is 1. The van der Waals surface area contributed by atoms with Crippen LogP contribution in [0.2, 0.25) is 0 Å². The number of nitrogens with one attached hydrogen (secondary N) is 1. The molecule has 104 valence electrons. The molecule has 3 aromatic rings. The normalized spacial score (nSPS) is 10.3. The highest BCUT2D eigenvalue weighted by Crippen LogP contribution is 2.31. The van der Waals surface area contributed by atoms with Gasteiger partial charge in [-0.1, -0.05) is 11.3 Å². The van der Waals surface area contributed by atoms with Gasteiger partial charge in [0.1, 0.15) is 17.6 Å². The Hall–Kier alpha value is -2.65. The van der Waals surface area contributed by atoms with E-state index in [-0.39, 0.29) is 5.56 Å². The number of fused-ring (bicyclic) bond motifs is 1. The molecule has 0 fully saturated rings. The number of rotatable bonds is 3. The number of hydrogen-bond donors (Lipinski definition) is 1. The van der Waals surface area contributed by atoms with E-state index in [1.807, 2.05) is 18.2 Å². The van der Waals surface area contributed by atoms with Crippen LogP contribution in [0, 0.1) is 17.1 Å². The molecule has 21 heavy (non-hydrogen) atoms.